The molecule has 5 N–H and O–H groups in total. The molecule has 6 nitrogen and oxygen atoms in total. The normalized spacial score (nSPS) is 17.9. The predicted octanol–water partition coefficient (Wildman–Crippen LogP) is 0.395. The van der Waals surface area contributed by atoms with Gasteiger partial charge in [0.2, 0.25) is 0 Å². The van der Waals surface area contributed by atoms with Crippen molar-refractivity contribution in [2.75, 3.05) is 6.61 Å². The van der Waals surface area contributed by atoms with Crippen LogP contribution in [0, 0.1) is 0 Å². The number of fused-ring (bicyclic) bond motifs is 1. The van der Waals surface area contributed by atoms with Gasteiger partial charge < -0.3 is 25.4 Å². The predicted molar refractivity (Wildman–Crippen MR) is 74.6 cm³/mol. The Kier molecular flexibility index (Phi) is 4.62. The Morgan fingerprint density at radius 3 is 2.60 bits per heavy atom. The van der Waals surface area contributed by atoms with Gasteiger partial charge in [0.25, 0.3) is 0 Å². The number of aliphatic hydroxyl groups excluding tert-OH is 4. The molecule has 20 heavy (non-hydrogen) atoms. The van der Waals surface area contributed by atoms with Gasteiger partial charge in [-0.25, -0.2) is 4.98 Å². The van der Waals surface area contributed by atoms with Gasteiger partial charge in [-0.1, -0.05) is 18.5 Å². The van der Waals surface area contributed by atoms with Gasteiger partial charge in [0.1, 0.15) is 18.0 Å². The molecule has 2 rings (SSSR count). The van der Waals surface area contributed by atoms with Crippen LogP contribution in [-0.2, 0) is 0 Å². The van der Waals surface area contributed by atoms with E-state index in [2.05, 4.69) is 9.97 Å². The first-order valence-corrected chi connectivity index (χ1v) is 6.62. The number of nitrogens with one attached hydrogen (secondary N) is 1. The van der Waals surface area contributed by atoms with E-state index in [-0.39, 0.29) is 0 Å². The zero-order valence-corrected chi connectivity index (χ0v) is 11.6. The quantitative estimate of drug-likeness (QED) is 0.549. The second kappa shape index (κ2) is 6.07. The summed E-state index contributed by atoms with van der Waals surface area (Å²) in [5.74, 6) is -0.0728. The molecule has 0 bridgehead atoms. The third-order valence-electron chi connectivity index (χ3n) is 3.34. The summed E-state index contributed by atoms with van der Waals surface area (Å²) in [4.78, 5) is 7.34. The van der Waals surface area contributed by atoms with Crippen LogP contribution in [0.4, 0.5) is 0 Å². The molecule has 0 spiro atoms. The van der Waals surface area contributed by atoms with E-state index in [9.17, 15) is 15.3 Å². The lowest BCUT2D eigenvalue weighted by Gasteiger charge is -2.25. The van der Waals surface area contributed by atoms with Crippen LogP contribution < -0.4 is 0 Å². The molecule has 7 heteroatoms. The summed E-state index contributed by atoms with van der Waals surface area (Å²) >= 11 is 5.88. The molecule has 0 aliphatic heterocycles. The second-order valence-electron chi connectivity index (χ2n) is 4.80. The highest BCUT2D eigenvalue weighted by atomic mass is 35.5. The second-order valence-corrected chi connectivity index (χ2v) is 5.24. The van der Waals surface area contributed by atoms with E-state index < -0.39 is 30.8 Å². The summed E-state index contributed by atoms with van der Waals surface area (Å²) in [5.41, 5.74) is 1.42. The lowest BCUT2D eigenvalue weighted by atomic mass is 9.96. The molecule has 2 unspecified atom stereocenters. The monoisotopic (exact) mass is 300 g/mol. The van der Waals surface area contributed by atoms with Gasteiger partial charge in [0.05, 0.1) is 23.7 Å². The fraction of sp³-hybridized carbons (Fsp3) is 0.462. The van der Waals surface area contributed by atoms with Crippen molar-refractivity contribution in [3.05, 3.63) is 29.0 Å². The van der Waals surface area contributed by atoms with Crippen molar-refractivity contribution in [3.8, 4) is 0 Å². The highest BCUT2D eigenvalue weighted by Gasteiger charge is 2.30. The van der Waals surface area contributed by atoms with Crippen LogP contribution in [0.15, 0.2) is 18.2 Å². The van der Waals surface area contributed by atoms with Crippen LogP contribution in [0.2, 0.25) is 5.02 Å². The Morgan fingerprint density at radius 1 is 1.25 bits per heavy atom. The molecule has 0 aliphatic carbocycles. The van der Waals surface area contributed by atoms with E-state index in [4.69, 9.17) is 16.7 Å². The number of benzene rings is 1. The minimum absolute atomic E-state index is 0.471. The molecule has 0 aliphatic rings. The van der Waals surface area contributed by atoms with Gasteiger partial charge >= 0.3 is 0 Å². The van der Waals surface area contributed by atoms with Gasteiger partial charge in [0.15, 0.2) is 0 Å². The molecule has 1 aromatic carbocycles. The minimum Gasteiger partial charge on any atom is -0.394 e. The van der Waals surface area contributed by atoms with E-state index in [1.807, 2.05) is 0 Å². The SMILES string of the molecule is CC(c1nc2cc(Cl)ccc2[nH]1)[C@@H](O)[C@H](O)C(O)CO. The minimum atomic E-state index is -1.45. The van der Waals surface area contributed by atoms with Gasteiger partial charge in [-0.05, 0) is 18.2 Å². The van der Waals surface area contributed by atoms with Crippen LogP contribution in [0.5, 0.6) is 0 Å². The molecule has 1 aromatic heterocycles. The summed E-state index contributed by atoms with van der Waals surface area (Å²) in [5, 5.41) is 38.4. The summed E-state index contributed by atoms with van der Waals surface area (Å²) in [7, 11) is 0. The highest BCUT2D eigenvalue weighted by Crippen LogP contribution is 2.24. The molecule has 0 fully saturated rings. The Balaban J connectivity index is 2.24. The van der Waals surface area contributed by atoms with Gasteiger partial charge in [0, 0.05) is 10.9 Å². The van der Waals surface area contributed by atoms with E-state index in [1.54, 1.807) is 25.1 Å². The number of aromatic amines is 1. The number of rotatable bonds is 5. The number of halogens is 1. The van der Waals surface area contributed by atoms with Crippen molar-refractivity contribution >= 4 is 22.6 Å². The molecule has 4 atom stereocenters. The summed E-state index contributed by atoms with van der Waals surface area (Å²) in [6.07, 6.45) is -4.11. The van der Waals surface area contributed by atoms with Crippen LogP contribution >= 0.6 is 11.6 Å². The van der Waals surface area contributed by atoms with Crippen molar-refractivity contribution in [2.45, 2.75) is 31.2 Å². The number of imidazole rings is 1. The first kappa shape index (κ1) is 15.2. The average Bonchev–Trinajstić information content (AvgIpc) is 2.86. The zero-order chi connectivity index (χ0) is 14.9. The van der Waals surface area contributed by atoms with Gasteiger partial charge in [-0.15, -0.1) is 0 Å². The average molecular weight is 301 g/mol. The number of aliphatic hydroxyl groups is 4. The van der Waals surface area contributed by atoms with Crippen LogP contribution in [-0.4, -0.2) is 55.3 Å². The van der Waals surface area contributed by atoms with Gasteiger partial charge in [-0.2, -0.15) is 0 Å². The molecular formula is C13H17ClN2O4. The van der Waals surface area contributed by atoms with E-state index >= 15 is 0 Å². The Bertz CT molecular complexity index is 589. The largest absolute Gasteiger partial charge is 0.394 e. The first-order chi connectivity index (χ1) is 9.43. The topological polar surface area (TPSA) is 110 Å². The molecular weight excluding hydrogens is 284 g/mol. The third-order valence-corrected chi connectivity index (χ3v) is 3.57. The Hall–Kier alpha value is -1.18. The molecule has 1 heterocycles. The maximum Gasteiger partial charge on any atom is 0.112 e. The van der Waals surface area contributed by atoms with Crippen molar-refractivity contribution in [2.24, 2.45) is 0 Å². The number of hydrogen-bond donors (Lipinski definition) is 5. The molecule has 0 amide bonds. The van der Waals surface area contributed by atoms with Crippen LogP contribution in [0.1, 0.15) is 18.7 Å². The Morgan fingerprint density at radius 2 is 1.95 bits per heavy atom. The lowest BCUT2D eigenvalue weighted by Crippen LogP contribution is -2.42. The fourth-order valence-corrected chi connectivity index (χ4v) is 2.17. The van der Waals surface area contributed by atoms with Crippen molar-refractivity contribution in [3.63, 3.8) is 0 Å². The number of aromatic nitrogens is 2. The van der Waals surface area contributed by atoms with E-state index in [1.165, 1.54) is 0 Å². The molecule has 110 valence electrons. The maximum atomic E-state index is 10.0. The summed E-state index contributed by atoms with van der Waals surface area (Å²) in [6.45, 7) is 1.04. The van der Waals surface area contributed by atoms with Crippen molar-refractivity contribution in [1.82, 2.24) is 9.97 Å². The Labute approximate surface area is 120 Å². The highest BCUT2D eigenvalue weighted by molar-refractivity contribution is 6.31. The third kappa shape index (κ3) is 2.94. The standard InChI is InChI=1S/C13H17ClN2O4/c1-6(11(19)12(20)10(18)5-17)13-15-8-3-2-7(14)4-9(8)16-13/h2-4,6,10-12,17-20H,5H2,1H3,(H,15,16)/t6?,10?,11-,12-/m1/s1. The fourth-order valence-electron chi connectivity index (χ4n) is 2.01. The first-order valence-electron chi connectivity index (χ1n) is 6.24. The smallest absolute Gasteiger partial charge is 0.112 e. The van der Waals surface area contributed by atoms with Crippen molar-refractivity contribution in [1.29, 1.82) is 0 Å². The molecule has 2 aromatic rings. The van der Waals surface area contributed by atoms with Crippen molar-refractivity contribution < 1.29 is 20.4 Å². The summed E-state index contributed by atoms with van der Waals surface area (Å²) < 4.78 is 0. The van der Waals surface area contributed by atoms with Crippen LogP contribution in [0.3, 0.4) is 0 Å². The molecule has 0 saturated carbocycles. The maximum absolute atomic E-state index is 10.0. The van der Waals surface area contributed by atoms with Crippen LogP contribution in [0.25, 0.3) is 11.0 Å². The number of nitrogens with zero attached hydrogens (tertiary/aromatic N) is 1. The zero-order valence-electron chi connectivity index (χ0n) is 10.9. The molecule has 0 saturated heterocycles. The van der Waals surface area contributed by atoms with Gasteiger partial charge in [-0.3, -0.25) is 0 Å². The lowest BCUT2D eigenvalue weighted by molar-refractivity contribution is -0.0832. The van der Waals surface area contributed by atoms with E-state index in [0.29, 0.717) is 16.4 Å². The summed E-state index contributed by atoms with van der Waals surface area (Å²) in [6, 6.07) is 5.18. The number of hydrogen-bond acceptors (Lipinski definition) is 5. The molecule has 0 radical (unpaired) electrons. The number of H-pyrrole nitrogens is 1. The van der Waals surface area contributed by atoms with E-state index in [0.717, 1.165) is 5.52 Å².